The van der Waals surface area contributed by atoms with Gasteiger partial charge in [-0.15, -0.1) is 0 Å². The molecule has 2 N–H and O–H groups in total. The summed E-state index contributed by atoms with van der Waals surface area (Å²) >= 11 is 0. The number of benzene rings is 2. The van der Waals surface area contributed by atoms with Crippen LogP contribution in [-0.4, -0.2) is 12.0 Å². The first kappa shape index (κ1) is 16.7. The molecule has 25 heavy (non-hydrogen) atoms. The van der Waals surface area contributed by atoms with Crippen LogP contribution in [0.3, 0.4) is 0 Å². The number of carbonyl (C=O) groups excluding carboxylic acids is 2. The highest BCUT2D eigenvalue weighted by molar-refractivity contribution is 5.85. The van der Waals surface area contributed by atoms with Crippen LogP contribution in [0.1, 0.15) is 17.2 Å². The van der Waals surface area contributed by atoms with Crippen molar-refractivity contribution in [3.05, 3.63) is 83.8 Å². The van der Waals surface area contributed by atoms with E-state index < -0.39 is 29.8 Å². The maximum absolute atomic E-state index is 13.2. The molecule has 1 fully saturated rings. The minimum absolute atomic E-state index is 0.119. The summed E-state index contributed by atoms with van der Waals surface area (Å²) in [7, 11) is 0. The Morgan fingerprint density at radius 2 is 1.80 bits per heavy atom. The Hall–Kier alpha value is -3.15. The van der Waals surface area contributed by atoms with E-state index in [2.05, 4.69) is 17.2 Å². The Labute approximate surface area is 144 Å². The highest BCUT2D eigenvalue weighted by Crippen LogP contribution is 2.30. The lowest BCUT2D eigenvalue weighted by Gasteiger charge is -2.33. The van der Waals surface area contributed by atoms with E-state index in [0.29, 0.717) is 5.56 Å². The summed E-state index contributed by atoms with van der Waals surface area (Å²) in [4.78, 5) is 24.4. The van der Waals surface area contributed by atoms with Crippen molar-refractivity contribution in [2.24, 2.45) is 5.92 Å². The molecule has 2 amide bonds. The van der Waals surface area contributed by atoms with Crippen LogP contribution in [0, 0.1) is 11.7 Å². The molecule has 5 nitrogen and oxygen atoms in total. The first-order chi connectivity index (χ1) is 12.0. The monoisotopic (exact) mass is 340 g/mol. The smallest absolute Gasteiger partial charge is 0.319 e. The Morgan fingerprint density at radius 1 is 1.12 bits per heavy atom. The Morgan fingerprint density at radius 3 is 2.48 bits per heavy atom. The number of ether oxygens (including phenoxy) is 1. The van der Waals surface area contributed by atoms with Crippen molar-refractivity contribution in [2.45, 2.75) is 12.6 Å². The van der Waals surface area contributed by atoms with Crippen molar-refractivity contribution < 1.29 is 18.7 Å². The summed E-state index contributed by atoms with van der Waals surface area (Å²) in [6.07, 6.45) is 0. The van der Waals surface area contributed by atoms with Gasteiger partial charge in [0, 0.05) is 5.70 Å². The van der Waals surface area contributed by atoms with E-state index in [1.165, 1.54) is 24.3 Å². The Balaban J connectivity index is 1.79. The zero-order valence-electron chi connectivity index (χ0n) is 13.4. The maximum Gasteiger partial charge on any atom is 0.319 e. The average Bonchev–Trinajstić information content (AvgIpc) is 2.60. The second kappa shape index (κ2) is 7.17. The minimum Gasteiger partial charge on any atom is -0.460 e. The second-order valence-corrected chi connectivity index (χ2v) is 5.72. The van der Waals surface area contributed by atoms with Crippen LogP contribution in [0.2, 0.25) is 0 Å². The molecule has 1 aliphatic heterocycles. The Bertz CT molecular complexity index is 790. The van der Waals surface area contributed by atoms with Crippen molar-refractivity contribution in [2.75, 3.05) is 0 Å². The minimum atomic E-state index is -0.813. The molecule has 2 aromatic carbocycles. The molecular weight excluding hydrogens is 323 g/mol. The van der Waals surface area contributed by atoms with Gasteiger partial charge in [0.05, 0.1) is 6.04 Å². The molecule has 0 saturated carbocycles. The van der Waals surface area contributed by atoms with Gasteiger partial charge in [0.15, 0.2) is 0 Å². The number of hydrogen-bond acceptors (Lipinski definition) is 3. The SMILES string of the molecule is C=C1NC(=O)NC(c2ccc(F)cc2)C1C(=O)OCc1ccccc1. The molecule has 0 radical (unpaired) electrons. The molecule has 0 bridgehead atoms. The van der Waals surface area contributed by atoms with Crippen LogP contribution in [-0.2, 0) is 16.1 Å². The predicted octanol–water partition coefficient (Wildman–Crippen LogP) is 3.05. The van der Waals surface area contributed by atoms with Crippen molar-refractivity contribution in [3.8, 4) is 0 Å². The fourth-order valence-corrected chi connectivity index (χ4v) is 2.73. The van der Waals surface area contributed by atoms with Crippen LogP contribution in [0.5, 0.6) is 0 Å². The molecule has 0 aliphatic carbocycles. The van der Waals surface area contributed by atoms with Gasteiger partial charge in [-0.05, 0) is 23.3 Å². The molecule has 2 atom stereocenters. The third-order valence-electron chi connectivity index (χ3n) is 3.98. The fraction of sp³-hybridized carbons (Fsp3) is 0.158. The van der Waals surface area contributed by atoms with Crippen molar-refractivity contribution >= 4 is 12.0 Å². The molecule has 3 rings (SSSR count). The van der Waals surface area contributed by atoms with E-state index in [0.717, 1.165) is 5.56 Å². The summed E-state index contributed by atoms with van der Waals surface area (Å²) < 4.78 is 18.5. The number of esters is 1. The molecule has 2 unspecified atom stereocenters. The summed E-state index contributed by atoms with van der Waals surface area (Å²) in [5.41, 5.74) is 1.70. The largest absolute Gasteiger partial charge is 0.460 e. The quantitative estimate of drug-likeness (QED) is 0.841. The topological polar surface area (TPSA) is 67.4 Å². The number of halogens is 1. The van der Waals surface area contributed by atoms with E-state index in [1.807, 2.05) is 30.3 Å². The van der Waals surface area contributed by atoms with Gasteiger partial charge in [-0.1, -0.05) is 49.0 Å². The summed E-state index contributed by atoms with van der Waals surface area (Å²) in [6.45, 7) is 3.89. The highest BCUT2D eigenvalue weighted by atomic mass is 19.1. The van der Waals surface area contributed by atoms with E-state index in [4.69, 9.17) is 4.74 Å². The molecule has 128 valence electrons. The standard InChI is InChI=1S/C19H17FN2O3/c1-12-16(18(23)25-11-13-5-3-2-4-6-13)17(22-19(24)21-12)14-7-9-15(20)10-8-14/h2-10,16-17H,1,11H2,(H2,21,22,24). The second-order valence-electron chi connectivity index (χ2n) is 5.72. The first-order valence-electron chi connectivity index (χ1n) is 7.77. The predicted molar refractivity (Wildman–Crippen MR) is 89.7 cm³/mol. The maximum atomic E-state index is 13.2. The van der Waals surface area contributed by atoms with Gasteiger partial charge in [-0.25, -0.2) is 9.18 Å². The number of carbonyl (C=O) groups is 2. The van der Waals surface area contributed by atoms with Gasteiger partial charge in [0.2, 0.25) is 0 Å². The Kier molecular flexibility index (Phi) is 4.79. The van der Waals surface area contributed by atoms with Crippen LogP contribution < -0.4 is 10.6 Å². The van der Waals surface area contributed by atoms with Crippen molar-refractivity contribution in [1.82, 2.24) is 10.6 Å². The van der Waals surface area contributed by atoms with Crippen LogP contribution >= 0.6 is 0 Å². The van der Waals surface area contributed by atoms with E-state index in [-0.39, 0.29) is 12.3 Å². The van der Waals surface area contributed by atoms with Gasteiger partial charge >= 0.3 is 12.0 Å². The van der Waals surface area contributed by atoms with Gasteiger partial charge < -0.3 is 15.4 Å². The number of urea groups is 1. The lowest BCUT2D eigenvalue weighted by molar-refractivity contribution is -0.149. The van der Waals surface area contributed by atoms with E-state index >= 15 is 0 Å². The molecule has 0 spiro atoms. The molecule has 1 heterocycles. The normalized spacial score (nSPS) is 19.7. The van der Waals surface area contributed by atoms with Crippen LogP contribution in [0.25, 0.3) is 0 Å². The zero-order chi connectivity index (χ0) is 17.8. The van der Waals surface area contributed by atoms with E-state index in [9.17, 15) is 14.0 Å². The summed E-state index contributed by atoms with van der Waals surface area (Å²) in [6, 6.07) is 13.7. The van der Waals surface area contributed by atoms with Gasteiger partial charge in [-0.3, -0.25) is 4.79 Å². The van der Waals surface area contributed by atoms with Gasteiger partial charge in [-0.2, -0.15) is 0 Å². The molecule has 0 aromatic heterocycles. The van der Waals surface area contributed by atoms with Crippen LogP contribution in [0.15, 0.2) is 66.9 Å². The van der Waals surface area contributed by atoms with E-state index in [1.54, 1.807) is 0 Å². The molecule has 1 saturated heterocycles. The summed E-state index contributed by atoms with van der Waals surface area (Å²) in [5, 5.41) is 5.18. The molecule has 2 aromatic rings. The molecule has 6 heteroatoms. The highest BCUT2D eigenvalue weighted by Gasteiger charge is 2.38. The van der Waals surface area contributed by atoms with Crippen molar-refractivity contribution in [1.29, 1.82) is 0 Å². The first-order valence-corrected chi connectivity index (χ1v) is 7.77. The van der Waals surface area contributed by atoms with Gasteiger partial charge in [0.1, 0.15) is 18.3 Å². The third-order valence-corrected chi connectivity index (χ3v) is 3.98. The lowest BCUT2D eigenvalue weighted by Crippen LogP contribution is -2.51. The zero-order valence-corrected chi connectivity index (χ0v) is 13.4. The fourth-order valence-electron chi connectivity index (χ4n) is 2.73. The number of rotatable bonds is 4. The average molecular weight is 340 g/mol. The molecule has 1 aliphatic rings. The number of nitrogens with one attached hydrogen (secondary N) is 2. The lowest BCUT2D eigenvalue weighted by atomic mass is 9.89. The van der Waals surface area contributed by atoms with Crippen LogP contribution in [0.4, 0.5) is 9.18 Å². The third kappa shape index (κ3) is 3.85. The van der Waals surface area contributed by atoms with Crippen molar-refractivity contribution in [3.63, 3.8) is 0 Å². The number of amides is 2. The molecular formula is C19H17FN2O3. The summed E-state index contributed by atoms with van der Waals surface area (Å²) in [5.74, 6) is -1.73. The number of hydrogen-bond donors (Lipinski definition) is 2. The van der Waals surface area contributed by atoms with Gasteiger partial charge in [0.25, 0.3) is 0 Å².